The van der Waals surface area contributed by atoms with Crippen LogP contribution in [0.5, 0.6) is 0 Å². The third-order valence-electron chi connectivity index (χ3n) is 4.85. The molecule has 2 rings (SSSR count). The molecular formula is C17H31N. The van der Waals surface area contributed by atoms with Crippen molar-refractivity contribution in [3.05, 3.63) is 12.2 Å². The van der Waals surface area contributed by atoms with Gasteiger partial charge in [0.2, 0.25) is 0 Å². The van der Waals surface area contributed by atoms with Gasteiger partial charge in [-0.05, 0) is 44.1 Å². The minimum absolute atomic E-state index is 0.660. The minimum atomic E-state index is 0.660. The van der Waals surface area contributed by atoms with E-state index in [1.54, 1.807) is 0 Å². The zero-order chi connectivity index (χ0) is 12.6. The number of rotatable bonds is 4. The lowest BCUT2D eigenvalue weighted by molar-refractivity contribution is 0.273. The van der Waals surface area contributed by atoms with Crippen LogP contribution in [0.2, 0.25) is 0 Å². The predicted octanol–water partition coefficient (Wildman–Crippen LogP) is 4.68. The van der Waals surface area contributed by atoms with E-state index in [4.69, 9.17) is 0 Å². The van der Waals surface area contributed by atoms with Gasteiger partial charge in [0.05, 0.1) is 0 Å². The first-order chi connectivity index (χ1) is 8.84. The van der Waals surface area contributed by atoms with Crippen LogP contribution in [0, 0.1) is 11.8 Å². The molecule has 1 heteroatoms. The second kappa shape index (κ2) is 7.99. The Labute approximate surface area is 113 Å². The van der Waals surface area contributed by atoms with Gasteiger partial charge < -0.3 is 5.32 Å². The van der Waals surface area contributed by atoms with E-state index < -0.39 is 0 Å². The average Bonchev–Trinajstić information content (AvgIpc) is 2.34. The highest BCUT2D eigenvalue weighted by Gasteiger charge is 2.17. The summed E-state index contributed by atoms with van der Waals surface area (Å²) in [6.45, 7) is 3.64. The fraction of sp³-hybridized carbons (Fsp3) is 0.882. The Kier molecular flexibility index (Phi) is 6.26. The van der Waals surface area contributed by atoms with Gasteiger partial charge in [0.15, 0.2) is 0 Å². The molecule has 0 aliphatic heterocycles. The summed E-state index contributed by atoms with van der Waals surface area (Å²) in [5, 5.41) is 3.76. The molecule has 0 bridgehead atoms. The second-order valence-corrected chi connectivity index (χ2v) is 6.54. The summed E-state index contributed by atoms with van der Waals surface area (Å²) in [4.78, 5) is 0. The average molecular weight is 249 g/mol. The standard InChI is InChI=1S/C17H31N/c1-15-9-11-16(12-10-15)13-14-18-17-7-5-3-2-4-6-8-17/h5,7,15-18H,2-4,6,8-14H2,1H3/b7-5+. The van der Waals surface area contributed by atoms with E-state index >= 15 is 0 Å². The third kappa shape index (κ3) is 5.14. The Morgan fingerprint density at radius 2 is 1.83 bits per heavy atom. The van der Waals surface area contributed by atoms with Gasteiger partial charge >= 0.3 is 0 Å². The van der Waals surface area contributed by atoms with E-state index in [2.05, 4.69) is 24.4 Å². The van der Waals surface area contributed by atoms with Crippen LogP contribution in [0.1, 0.15) is 71.1 Å². The molecule has 18 heavy (non-hydrogen) atoms. The van der Waals surface area contributed by atoms with E-state index in [1.165, 1.54) is 70.8 Å². The van der Waals surface area contributed by atoms with Gasteiger partial charge in [-0.1, -0.05) is 57.6 Å². The molecule has 0 aromatic rings. The maximum atomic E-state index is 3.76. The van der Waals surface area contributed by atoms with E-state index in [1.807, 2.05) is 0 Å². The van der Waals surface area contributed by atoms with Crippen molar-refractivity contribution in [3.63, 3.8) is 0 Å². The topological polar surface area (TPSA) is 12.0 Å². The maximum Gasteiger partial charge on any atom is 0.0249 e. The molecule has 0 amide bonds. The molecule has 2 aliphatic carbocycles. The number of hydrogen-bond donors (Lipinski definition) is 1. The quantitative estimate of drug-likeness (QED) is 0.713. The Bertz CT molecular complexity index is 238. The SMILES string of the molecule is CC1CCC(CCNC2/C=C/CCCCC2)CC1. The number of nitrogens with one attached hydrogen (secondary N) is 1. The largest absolute Gasteiger partial charge is 0.311 e. The van der Waals surface area contributed by atoms with Crippen molar-refractivity contribution in [2.24, 2.45) is 11.8 Å². The van der Waals surface area contributed by atoms with E-state index in [0.29, 0.717) is 6.04 Å². The number of allylic oxidation sites excluding steroid dienone is 1. The summed E-state index contributed by atoms with van der Waals surface area (Å²) >= 11 is 0. The third-order valence-corrected chi connectivity index (χ3v) is 4.85. The Morgan fingerprint density at radius 1 is 1.00 bits per heavy atom. The molecule has 2 aliphatic rings. The van der Waals surface area contributed by atoms with Crippen LogP contribution < -0.4 is 5.32 Å². The first kappa shape index (κ1) is 14.1. The molecule has 0 saturated heterocycles. The van der Waals surface area contributed by atoms with Gasteiger partial charge in [-0.25, -0.2) is 0 Å². The van der Waals surface area contributed by atoms with E-state index in [-0.39, 0.29) is 0 Å². The van der Waals surface area contributed by atoms with Gasteiger partial charge in [-0.3, -0.25) is 0 Å². The van der Waals surface area contributed by atoms with Crippen LogP contribution in [0.15, 0.2) is 12.2 Å². The normalized spacial score (nSPS) is 35.7. The highest BCUT2D eigenvalue weighted by Crippen LogP contribution is 2.30. The summed E-state index contributed by atoms with van der Waals surface area (Å²) < 4.78 is 0. The second-order valence-electron chi connectivity index (χ2n) is 6.54. The van der Waals surface area contributed by atoms with Gasteiger partial charge in [0.25, 0.3) is 0 Å². The van der Waals surface area contributed by atoms with Gasteiger partial charge in [0.1, 0.15) is 0 Å². The Hall–Kier alpha value is -0.300. The maximum absolute atomic E-state index is 3.76. The molecule has 1 saturated carbocycles. The molecule has 1 N–H and O–H groups in total. The van der Waals surface area contributed by atoms with Crippen molar-refractivity contribution in [2.75, 3.05) is 6.54 Å². The van der Waals surface area contributed by atoms with Gasteiger partial charge in [-0.2, -0.15) is 0 Å². The molecule has 104 valence electrons. The zero-order valence-electron chi connectivity index (χ0n) is 12.2. The summed E-state index contributed by atoms with van der Waals surface area (Å²) in [6.07, 6.45) is 18.9. The summed E-state index contributed by atoms with van der Waals surface area (Å²) in [6, 6.07) is 0.660. The van der Waals surface area contributed by atoms with E-state index in [0.717, 1.165) is 11.8 Å². The van der Waals surface area contributed by atoms with Crippen molar-refractivity contribution in [1.29, 1.82) is 0 Å². The lowest BCUT2D eigenvalue weighted by Crippen LogP contribution is -2.30. The van der Waals surface area contributed by atoms with Crippen LogP contribution in [0.25, 0.3) is 0 Å². The van der Waals surface area contributed by atoms with Crippen molar-refractivity contribution in [3.8, 4) is 0 Å². The van der Waals surface area contributed by atoms with Gasteiger partial charge in [-0.15, -0.1) is 0 Å². The monoisotopic (exact) mass is 249 g/mol. The van der Waals surface area contributed by atoms with Crippen molar-refractivity contribution in [2.45, 2.75) is 77.2 Å². The molecule has 1 unspecified atom stereocenters. The predicted molar refractivity (Wildman–Crippen MR) is 79.8 cm³/mol. The summed E-state index contributed by atoms with van der Waals surface area (Å²) in [5.41, 5.74) is 0. The van der Waals surface area contributed by atoms with E-state index in [9.17, 15) is 0 Å². The summed E-state index contributed by atoms with van der Waals surface area (Å²) in [7, 11) is 0. The minimum Gasteiger partial charge on any atom is -0.311 e. The summed E-state index contributed by atoms with van der Waals surface area (Å²) in [5.74, 6) is 1.99. The fourth-order valence-corrected chi connectivity index (χ4v) is 3.42. The Morgan fingerprint density at radius 3 is 2.67 bits per heavy atom. The first-order valence-corrected chi connectivity index (χ1v) is 8.24. The fourth-order valence-electron chi connectivity index (χ4n) is 3.42. The van der Waals surface area contributed by atoms with Crippen molar-refractivity contribution in [1.82, 2.24) is 5.32 Å². The molecule has 1 nitrogen and oxygen atoms in total. The van der Waals surface area contributed by atoms with Gasteiger partial charge in [0, 0.05) is 6.04 Å². The van der Waals surface area contributed by atoms with Crippen molar-refractivity contribution < 1.29 is 0 Å². The lowest BCUT2D eigenvalue weighted by atomic mass is 9.81. The molecule has 1 fully saturated rings. The van der Waals surface area contributed by atoms with Crippen LogP contribution in [0.4, 0.5) is 0 Å². The van der Waals surface area contributed by atoms with Crippen molar-refractivity contribution >= 4 is 0 Å². The number of hydrogen-bond acceptors (Lipinski definition) is 1. The lowest BCUT2D eigenvalue weighted by Gasteiger charge is -2.27. The smallest absolute Gasteiger partial charge is 0.0249 e. The van der Waals surface area contributed by atoms with Crippen LogP contribution in [0.3, 0.4) is 0 Å². The van der Waals surface area contributed by atoms with Crippen LogP contribution >= 0.6 is 0 Å². The molecule has 1 atom stereocenters. The highest BCUT2D eigenvalue weighted by atomic mass is 14.9. The first-order valence-electron chi connectivity index (χ1n) is 8.24. The molecule has 0 heterocycles. The molecule has 0 spiro atoms. The van der Waals surface area contributed by atoms with Crippen LogP contribution in [-0.4, -0.2) is 12.6 Å². The molecule has 0 aromatic carbocycles. The Balaban J connectivity index is 1.60. The highest BCUT2D eigenvalue weighted by molar-refractivity contribution is 4.94. The molecular weight excluding hydrogens is 218 g/mol. The zero-order valence-corrected chi connectivity index (χ0v) is 12.2. The van der Waals surface area contributed by atoms with Crippen LogP contribution in [-0.2, 0) is 0 Å². The molecule has 0 aromatic heterocycles. The molecule has 0 radical (unpaired) electrons.